The van der Waals surface area contributed by atoms with Crippen molar-refractivity contribution in [3.63, 3.8) is 0 Å². The molecular weight excluding hydrogens is 408 g/mol. The number of aromatic nitrogens is 3. The highest BCUT2D eigenvalue weighted by atomic mass is 32.1. The van der Waals surface area contributed by atoms with E-state index in [1.165, 1.54) is 11.1 Å². The number of rotatable bonds is 4. The van der Waals surface area contributed by atoms with E-state index in [0.29, 0.717) is 24.7 Å². The Morgan fingerprint density at radius 2 is 1.77 bits per heavy atom. The van der Waals surface area contributed by atoms with Gasteiger partial charge in [-0.1, -0.05) is 35.5 Å². The molecule has 0 unspecified atom stereocenters. The van der Waals surface area contributed by atoms with Crippen molar-refractivity contribution in [1.82, 2.24) is 15.1 Å². The van der Waals surface area contributed by atoms with E-state index in [9.17, 15) is 4.79 Å². The van der Waals surface area contributed by atoms with Crippen LogP contribution in [-0.4, -0.2) is 27.6 Å². The molecule has 1 aliphatic heterocycles. The smallest absolute Gasteiger partial charge is 0.232 e. The van der Waals surface area contributed by atoms with Gasteiger partial charge in [0.1, 0.15) is 0 Å². The Bertz CT molecular complexity index is 1260. The first-order valence-corrected chi connectivity index (χ1v) is 11.1. The Labute approximate surface area is 184 Å². The molecule has 1 fully saturated rings. The molecule has 156 valence electrons. The summed E-state index contributed by atoms with van der Waals surface area (Å²) in [5, 5.41) is 7.25. The quantitative estimate of drug-likeness (QED) is 0.439. The molecule has 5 rings (SSSR count). The minimum absolute atomic E-state index is 0.0795. The van der Waals surface area contributed by atoms with Gasteiger partial charge in [0.15, 0.2) is 0 Å². The minimum atomic E-state index is -0.104. The molecule has 1 atom stereocenters. The SMILES string of the molecule is Cc1nc(-c2ccc(-c3noc([C@H]4CC(=O)N(c5ccc(C)c(C)c5)C4)n3)cc2)cs1. The molecule has 0 bridgehead atoms. The van der Waals surface area contributed by atoms with Gasteiger partial charge in [0.05, 0.1) is 16.6 Å². The zero-order chi connectivity index (χ0) is 21.5. The lowest BCUT2D eigenvalue weighted by Gasteiger charge is -2.17. The van der Waals surface area contributed by atoms with Gasteiger partial charge in [0.2, 0.25) is 17.6 Å². The van der Waals surface area contributed by atoms with Crippen molar-refractivity contribution in [3.8, 4) is 22.6 Å². The molecule has 7 heteroatoms. The molecule has 3 heterocycles. The maximum atomic E-state index is 12.6. The fraction of sp³-hybridized carbons (Fsp3) is 0.250. The summed E-state index contributed by atoms with van der Waals surface area (Å²) in [6.07, 6.45) is 0.372. The number of aryl methyl sites for hydroxylation is 3. The predicted octanol–water partition coefficient (Wildman–Crippen LogP) is 5.31. The van der Waals surface area contributed by atoms with Crippen LogP contribution in [0.25, 0.3) is 22.6 Å². The lowest BCUT2D eigenvalue weighted by molar-refractivity contribution is -0.117. The molecule has 0 aliphatic carbocycles. The highest BCUT2D eigenvalue weighted by Gasteiger charge is 2.35. The van der Waals surface area contributed by atoms with Crippen molar-refractivity contribution in [1.29, 1.82) is 0 Å². The van der Waals surface area contributed by atoms with Crippen LogP contribution in [0.4, 0.5) is 5.69 Å². The second-order valence-corrected chi connectivity index (χ2v) is 9.02. The summed E-state index contributed by atoms with van der Waals surface area (Å²) >= 11 is 1.63. The summed E-state index contributed by atoms with van der Waals surface area (Å²) in [5.74, 6) is 1.02. The molecule has 2 aromatic heterocycles. The summed E-state index contributed by atoms with van der Waals surface area (Å²) in [6.45, 7) is 6.67. The molecule has 2 aromatic carbocycles. The van der Waals surface area contributed by atoms with Crippen LogP contribution in [0.15, 0.2) is 52.4 Å². The van der Waals surface area contributed by atoms with Crippen molar-refractivity contribution in [2.24, 2.45) is 0 Å². The van der Waals surface area contributed by atoms with Crippen molar-refractivity contribution in [2.75, 3.05) is 11.4 Å². The van der Waals surface area contributed by atoms with Gasteiger partial charge >= 0.3 is 0 Å². The molecule has 0 saturated carbocycles. The molecule has 0 N–H and O–H groups in total. The third-order valence-corrected chi connectivity index (χ3v) is 6.55. The third-order valence-electron chi connectivity index (χ3n) is 5.78. The predicted molar refractivity (Wildman–Crippen MR) is 121 cm³/mol. The van der Waals surface area contributed by atoms with E-state index in [-0.39, 0.29) is 11.8 Å². The molecule has 1 saturated heterocycles. The Balaban J connectivity index is 1.33. The van der Waals surface area contributed by atoms with E-state index in [1.807, 2.05) is 48.2 Å². The summed E-state index contributed by atoms with van der Waals surface area (Å²) in [7, 11) is 0. The molecular formula is C24H22N4O2S. The van der Waals surface area contributed by atoms with E-state index in [4.69, 9.17) is 4.52 Å². The lowest BCUT2D eigenvalue weighted by Crippen LogP contribution is -2.24. The largest absolute Gasteiger partial charge is 0.339 e. The number of amides is 1. The maximum Gasteiger partial charge on any atom is 0.232 e. The van der Waals surface area contributed by atoms with Crippen LogP contribution >= 0.6 is 11.3 Å². The van der Waals surface area contributed by atoms with E-state index in [0.717, 1.165) is 27.5 Å². The van der Waals surface area contributed by atoms with Gasteiger partial charge in [-0.25, -0.2) is 4.98 Å². The van der Waals surface area contributed by atoms with Crippen molar-refractivity contribution < 1.29 is 9.32 Å². The van der Waals surface area contributed by atoms with Gasteiger partial charge in [0, 0.05) is 35.2 Å². The Morgan fingerprint density at radius 1 is 1.00 bits per heavy atom. The average Bonchev–Trinajstić information content (AvgIpc) is 3.50. The Morgan fingerprint density at radius 3 is 2.48 bits per heavy atom. The summed E-state index contributed by atoms with van der Waals surface area (Å²) < 4.78 is 5.55. The highest BCUT2D eigenvalue weighted by molar-refractivity contribution is 7.09. The monoisotopic (exact) mass is 430 g/mol. The Hall–Kier alpha value is -3.32. The number of thiazole rings is 1. The zero-order valence-corrected chi connectivity index (χ0v) is 18.4. The molecule has 4 aromatic rings. The molecule has 1 aliphatic rings. The first-order valence-electron chi connectivity index (χ1n) is 10.2. The van der Waals surface area contributed by atoms with Gasteiger partial charge in [-0.15, -0.1) is 11.3 Å². The maximum absolute atomic E-state index is 12.6. The first kappa shape index (κ1) is 19.6. The van der Waals surface area contributed by atoms with E-state index in [2.05, 4.69) is 40.4 Å². The van der Waals surface area contributed by atoms with E-state index < -0.39 is 0 Å². The number of carbonyl (C=O) groups excluding carboxylic acids is 1. The number of anilines is 1. The summed E-state index contributed by atoms with van der Waals surface area (Å²) in [4.78, 5) is 23.6. The van der Waals surface area contributed by atoms with E-state index in [1.54, 1.807) is 11.3 Å². The number of nitrogens with zero attached hydrogens (tertiary/aromatic N) is 4. The molecule has 6 nitrogen and oxygen atoms in total. The second kappa shape index (κ2) is 7.74. The zero-order valence-electron chi connectivity index (χ0n) is 17.6. The fourth-order valence-electron chi connectivity index (χ4n) is 3.82. The molecule has 31 heavy (non-hydrogen) atoms. The third kappa shape index (κ3) is 3.77. The van der Waals surface area contributed by atoms with Crippen LogP contribution in [0.2, 0.25) is 0 Å². The van der Waals surface area contributed by atoms with E-state index >= 15 is 0 Å². The number of hydrogen-bond donors (Lipinski definition) is 0. The van der Waals surface area contributed by atoms with Crippen LogP contribution in [0, 0.1) is 20.8 Å². The fourth-order valence-corrected chi connectivity index (χ4v) is 4.44. The number of benzene rings is 2. The van der Waals surface area contributed by atoms with Gasteiger partial charge in [-0.05, 0) is 44.0 Å². The lowest BCUT2D eigenvalue weighted by atomic mass is 10.1. The average molecular weight is 431 g/mol. The first-order chi connectivity index (χ1) is 15.0. The molecule has 0 radical (unpaired) electrons. The molecule has 1 amide bonds. The standard InChI is InChI=1S/C24H22N4O2S/c1-14-4-9-20(10-15(14)2)28-12-19(11-22(28)29)24-26-23(27-30-24)18-7-5-17(6-8-18)21-13-31-16(3)25-21/h4-10,13,19H,11-12H2,1-3H3/t19-/m0/s1. The van der Waals surface area contributed by atoms with Crippen LogP contribution in [-0.2, 0) is 4.79 Å². The van der Waals surface area contributed by atoms with Crippen molar-refractivity contribution in [2.45, 2.75) is 33.1 Å². The van der Waals surface area contributed by atoms with Gasteiger partial charge in [-0.3, -0.25) is 4.79 Å². The minimum Gasteiger partial charge on any atom is -0.339 e. The topological polar surface area (TPSA) is 72.1 Å². The Kier molecular flexibility index (Phi) is 4.90. The second-order valence-electron chi connectivity index (χ2n) is 7.96. The normalized spacial score (nSPS) is 16.3. The van der Waals surface area contributed by atoms with Crippen LogP contribution in [0.1, 0.15) is 34.4 Å². The van der Waals surface area contributed by atoms with Gasteiger partial charge < -0.3 is 9.42 Å². The number of carbonyl (C=O) groups is 1. The summed E-state index contributed by atoms with van der Waals surface area (Å²) in [6, 6.07) is 14.1. The van der Waals surface area contributed by atoms with Crippen LogP contribution in [0.5, 0.6) is 0 Å². The molecule has 0 spiro atoms. The number of hydrogen-bond acceptors (Lipinski definition) is 6. The van der Waals surface area contributed by atoms with Crippen LogP contribution in [0.3, 0.4) is 0 Å². The van der Waals surface area contributed by atoms with Gasteiger partial charge in [0.25, 0.3) is 0 Å². The highest BCUT2D eigenvalue weighted by Crippen LogP contribution is 2.33. The van der Waals surface area contributed by atoms with Gasteiger partial charge in [-0.2, -0.15) is 4.98 Å². The van der Waals surface area contributed by atoms with Crippen molar-refractivity contribution in [3.05, 3.63) is 69.9 Å². The summed E-state index contributed by atoms with van der Waals surface area (Å²) in [5.41, 5.74) is 6.21. The van der Waals surface area contributed by atoms with Crippen molar-refractivity contribution >= 4 is 22.9 Å². The van der Waals surface area contributed by atoms with Crippen LogP contribution < -0.4 is 4.90 Å².